The third-order valence-corrected chi connectivity index (χ3v) is 5.05. The van der Waals surface area contributed by atoms with Crippen molar-refractivity contribution < 1.29 is 28.6 Å². The Kier molecular flexibility index (Phi) is 7.53. The van der Waals surface area contributed by atoms with E-state index in [1.807, 2.05) is 48.5 Å². The zero-order valence-corrected chi connectivity index (χ0v) is 19.1. The Hall–Kier alpha value is -3.61. The van der Waals surface area contributed by atoms with Crippen LogP contribution in [0.1, 0.15) is 44.2 Å². The van der Waals surface area contributed by atoms with Crippen molar-refractivity contribution in [3.8, 4) is 11.1 Å². The molecule has 1 amide bonds. The Bertz CT molecular complexity index is 994. The summed E-state index contributed by atoms with van der Waals surface area (Å²) >= 11 is 0. The number of carbonyl (C=O) groups excluding carboxylic acids is 3. The minimum absolute atomic E-state index is 0.0456. The van der Waals surface area contributed by atoms with Gasteiger partial charge in [0.25, 0.3) is 0 Å². The molecule has 1 aliphatic carbocycles. The van der Waals surface area contributed by atoms with Crippen LogP contribution in [-0.4, -0.2) is 42.9 Å². The molecular formula is C26H29NO6. The maximum absolute atomic E-state index is 12.6. The number of rotatable bonds is 8. The monoisotopic (exact) mass is 451 g/mol. The van der Waals surface area contributed by atoms with Gasteiger partial charge in [-0.1, -0.05) is 61.2 Å². The standard InChI is InChI=1S/C26H29NO6/c1-5-14-31-24(29)22(15-23(28)33-26(2,3)4)27-25(30)32-16-21-19-12-8-6-10-17(19)18-11-7-9-13-20(18)21/h5-13,21-22H,1,14-16H2,2-4H3,(H,27,30)/t22-/m0/s1. The number of carbonyl (C=O) groups is 3. The molecule has 0 saturated heterocycles. The minimum Gasteiger partial charge on any atom is -0.460 e. The Morgan fingerprint density at radius 3 is 2.12 bits per heavy atom. The van der Waals surface area contributed by atoms with Gasteiger partial charge in [0.15, 0.2) is 0 Å². The van der Waals surface area contributed by atoms with Crippen LogP contribution in [0.5, 0.6) is 0 Å². The smallest absolute Gasteiger partial charge is 0.407 e. The van der Waals surface area contributed by atoms with Gasteiger partial charge in [-0.3, -0.25) is 4.79 Å². The van der Waals surface area contributed by atoms with Crippen molar-refractivity contribution in [2.45, 2.75) is 44.8 Å². The summed E-state index contributed by atoms with van der Waals surface area (Å²) in [5.41, 5.74) is 3.64. The van der Waals surface area contributed by atoms with Crippen LogP contribution in [0.25, 0.3) is 11.1 Å². The first-order valence-electron chi connectivity index (χ1n) is 10.8. The van der Waals surface area contributed by atoms with E-state index in [9.17, 15) is 14.4 Å². The molecule has 1 N–H and O–H groups in total. The van der Waals surface area contributed by atoms with Crippen molar-refractivity contribution in [3.05, 3.63) is 72.3 Å². The van der Waals surface area contributed by atoms with Crippen LogP contribution in [0.3, 0.4) is 0 Å². The van der Waals surface area contributed by atoms with Crippen LogP contribution in [0.2, 0.25) is 0 Å². The number of nitrogens with one attached hydrogen (secondary N) is 1. The number of alkyl carbamates (subject to hydrolysis) is 1. The maximum Gasteiger partial charge on any atom is 0.407 e. The van der Waals surface area contributed by atoms with E-state index >= 15 is 0 Å². The molecular weight excluding hydrogens is 422 g/mol. The summed E-state index contributed by atoms with van der Waals surface area (Å²) in [5, 5.41) is 2.44. The molecule has 0 unspecified atom stereocenters. The Morgan fingerprint density at radius 1 is 1.00 bits per heavy atom. The lowest BCUT2D eigenvalue weighted by Crippen LogP contribution is -2.44. The molecule has 2 aromatic carbocycles. The summed E-state index contributed by atoms with van der Waals surface area (Å²) < 4.78 is 15.8. The van der Waals surface area contributed by atoms with Crippen molar-refractivity contribution in [1.82, 2.24) is 5.32 Å². The maximum atomic E-state index is 12.6. The van der Waals surface area contributed by atoms with E-state index in [1.165, 1.54) is 6.08 Å². The number of fused-ring (bicyclic) bond motifs is 3. The van der Waals surface area contributed by atoms with Crippen LogP contribution in [0.4, 0.5) is 4.79 Å². The first-order chi connectivity index (χ1) is 15.7. The lowest BCUT2D eigenvalue weighted by atomic mass is 9.98. The van der Waals surface area contributed by atoms with Gasteiger partial charge >= 0.3 is 18.0 Å². The van der Waals surface area contributed by atoms with Crippen LogP contribution < -0.4 is 5.32 Å². The molecule has 7 nitrogen and oxygen atoms in total. The molecule has 174 valence electrons. The predicted molar refractivity (Wildman–Crippen MR) is 124 cm³/mol. The van der Waals surface area contributed by atoms with Gasteiger partial charge < -0.3 is 19.5 Å². The van der Waals surface area contributed by atoms with Gasteiger partial charge in [0.2, 0.25) is 0 Å². The number of esters is 2. The molecule has 0 spiro atoms. The Morgan fingerprint density at radius 2 is 1.58 bits per heavy atom. The first kappa shape index (κ1) is 24.0. The average Bonchev–Trinajstić information content (AvgIpc) is 3.08. The average molecular weight is 452 g/mol. The van der Waals surface area contributed by atoms with Crippen molar-refractivity contribution in [3.63, 3.8) is 0 Å². The summed E-state index contributed by atoms with van der Waals surface area (Å²) in [4.78, 5) is 37.2. The largest absolute Gasteiger partial charge is 0.460 e. The summed E-state index contributed by atoms with van der Waals surface area (Å²) in [6, 6.07) is 14.7. The number of benzene rings is 2. The molecule has 0 bridgehead atoms. The SMILES string of the molecule is C=CCOC(=O)[C@H](CC(=O)OC(C)(C)C)NC(=O)OCC1c2ccccc2-c2ccccc21. The number of amides is 1. The van der Waals surface area contributed by atoms with Crippen molar-refractivity contribution >= 4 is 18.0 Å². The van der Waals surface area contributed by atoms with E-state index in [1.54, 1.807) is 20.8 Å². The van der Waals surface area contributed by atoms with Crippen molar-refractivity contribution in [2.24, 2.45) is 0 Å². The molecule has 3 rings (SSSR count). The van der Waals surface area contributed by atoms with E-state index in [2.05, 4.69) is 11.9 Å². The second-order valence-electron chi connectivity index (χ2n) is 8.73. The third kappa shape index (κ3) is 6.22. The zero-order chi connectivity index (χ0) is 24.0. The van der Waals surface area contributed by atoms with Gasteiger partial charge in [0.1, 0.15) is 24.9 Å². The number of ether oxygens (including phenoxy) is 3. The molecule has 0 radical (unpaired) electrons. The molecule has 2 aromatic rings. The third-order valence-electron chi connectivity index (χ3n) is 5.05. The number of hydrogen-bond donors (Lipinski definition) is 1. The van der Waals surface area contributed by atoms with E-state index in [-0.39, 0.29) is 25.6 Å². The normalized spacial score (nSPS) is 13.3. The highest BCUT2D eigenvalue weighted by Gasteiger charge is 2.31. The Balaban J connectivity index is 1.67. The quantitative estimate of drug-likeness (QED) is 0.364. The first-order valence-corrected chi connectivity index (χ1v) is 10.8. The summed E-state index contributed by atoms with van der Waals surface area (Å²) in [6.07, 6.45) is 0.202. The van der Waals surface area contributed by atoms with Crippen molar-refractivity contribution in [1.29, 1.82) is 0 Å². The van der Waals surface area contributed by atoms with Crippen LogP contribution >= 0.6 is 0 Å². The lowest BCUT2D eigenvalue weighted by Gasteiger charge is -2.22. The van der Waals surface area contributed by atoms with Crippen LogP contribution in [-0.2, 0) is 23.8 Å². The minimum atomic E-state index is -1.24. The van der Waals surface area contributed by atoms with Gasteiger partial charge in [-0.05, 0) is 43.0 Å². The molecule has 0 aromatic heterocycles. The second-order valence-corrected chi connectivity index (χ2v) is 8.73. The fraction of sp³-hybridized carbons (Fsp3) is 0.346. The van der Waals surface area contributed by atoms with E-state index in [0.29, 0.717) is 0 Å². The molecule has 0 heterocycles. The topological polar surface area (TPSA) is 90.9 Å². The second kappa shape index (κ2) is 10.3. The fourth-order valence-corrected chi connectivity index (χ4v) is 3.77. The van der Waals surface area contributed by atoms with Crippen molar-refractivity contribution in [2.75, 3.05) is 13.2 Å². The highest BCUT2D eigenvalue weighted by molar-refractivity contribution is 5.86. The summed E-state index contributed by atoms with van der Waals surface area (Å²) in [5.74, 6) is -1.53. The van der Waals surface area contributed by atoms with E-state index < -0.39 is 29.7 Å². The van der Waals surface area contributed by atoms with Gasteiger partial charge in [-0.25, -0.2) is 9.59 Å². The van der Waals surface area contributed by atoms with Gasteiger partial charge in [0, 0.05) is 5.92 Å². The molecule has 1 aliphatic rings. The molecule has 7 heteroatoms. The molecule has 33 heavy (non-hydrogen) atoms. The van der Waals surface area contributed by atoms with Gasteiger partial charge in [0.05, 0.1) is 6.42 Å². The highest BCUT2D eigenvalue weighted by atomic mass is 16.6. The lowest BCUT2D eigenvalue weighted by molar-refractivity contribution is -0.159. The summed E-state index contributed by atoms with van der Waals surface area (Å²) in [6.45, 7) is 8.68. The molecule has 0 fully saturated rings. The van der Waals surface area contributed by atoms with Crippen LogP contribution in [0, 0.1) is 0 Å². The molecule has 0 aliphatic heterocycles. The van der Waals surface area contributed by atoms with Gasteiger partial charge in [-0.15, -0.1) is 0 Å². The highest BCUT2D eigenvalue weighted by Crippen LogP contribution is 2.44. The van der Waals surface area contributed by atoms with Crippen LogP contribution in [0.15, 0.2) is 61.2 Å². The molecule has 0 saturated carbocycles. The molecule has 1 atom stereocenters. The predicted octanol–water partition coefficient (Wildman–Crippen LogP) is 4.35. The van der Waals surface area contributed by atoms with E-state index in [0.717, 1.165) is 22.3 Å². The summed E-state index contributed by atoms with van der Waals surface area (Å²) in [7, 11) is 0. The van der Waals surface area contributed by atoms with Gasteiger partial charge in [-0.2, -0.15) is 0 Å². The zero-order valence-electron chi connectivity index (χ0n) is 19.1. The fourth-order valence-electron chi connectivity index (χ4n) is 3.77. The Labute approximate surface area is 193 Å². The van der Waals surface area contributed by atoms with E-state index in [4.69, 9.17) is 14.2 Å². The number of hydrogen-bond acceptors (Lipinski definition) is 6.